The Bertz CT molecular complexity index is 382. The molecule has 4 heteroatoms. The molecule has 0 aliphatic rings. The Morgan fingerprint density at radius 1 is 1.50 bits per heavy atom. The third-order valence-corrected chi connectivity index (χ3v) is 3.30. The van der Waals surface area contributed by atoms with Crippen LogP contribution in [0.3, 0.4) is 0 Å². The smallest absolute Gasteiger partial charge is 0.220 e. The van der Waals surface area contributed by atoms with Gasteiger partial charge >= 0.3 is 0 Å². The quantitative estimate of drug-likeness (QED) is 0.812. The Morgan fingerprint density at radius 2 is 2.28 bits per heavy atom. The van der Waals surface area contributed by atoms with Crippen LogP contribution in [0.1, 0.15) is 25.3 Å². The zero-order valence-corrected chi connectivity index (χ0v) is 12.4. The number of halogens is 1. The number of rotatable bonds is 7. The first kappa shape index (κ1) is 15.2. The number of hydrogen-bond donors (Lipinski definition) is 2. The van der Waals surface area contributed by atoms with Crippen molar-refractivity contribution in [2.24, 2.45) is 11.7 Å². The van der Waals surface area contributed by atoms with E-state index in [9.17, 15) is 4.79 Å². The van der Waals surface area contributed by atoms with Crippen molar-refractivity contribution in [3.63, 3.8) is 0 Å². The van der Waals surface area contributed by atoms with Crippen LogP contribution in [0.2, 0.25) is 0 Å². The lowest BCUT2D eigenvalue weighted by atomic mass is 10.1. The summed E-state index contributed by atoms with van der Waals surface area (Å²) in [5, 5.41) is 2.90. The monoisotopic (exact) mass is 312 g/mol. The molecule has 1 amide bonds. The first-order valence-corrected chi connectivity index (χ1v) is 7.12. The highest BCUT2D eigenvalue weighted by atomic mass is 79.9. The molecule has 18 heavy (non-hydrogen) atoms. The first-order chi connectivity index (χ1) is 8.61. The van der Waals surface area contributed by atoms with Crippen molar-refractivity contribution < 1.29 is 4.79 Å². The van der Waals surface area contributed by atoms with Crippen molar-refractivity contribution in [1.82, 2.24) is 5.32 Å². The molecule has 100 valence electrons. The van der Waals surface area contributed by atoms with E-state index in [0.717, 1.165) is 17.3 Å². The van der Waals surface area contributed by atoms with Gasteiger partial charge in [0, 0.05) is 17.4 Å². The maximum Gasteiger partial charge on any atom is 0.220 e. The van der Waals surface area contributed by atoms with Gasteiger partial charge in [0.1, 0.15) is 0 Å². The van der Waals surface area contributed by atoms with Crippen LogP contribution in [0.5, 0.6) is 0 Å². The molecule has 1 unspecified atom stereocenters. The van der Waals surface area contributed by atoms with Crippen LogP contribution in [-0.4, -0.2) is 19.0 Å². The Hall–Kier alpha value is -0.870. The highest BCUT2D eigenvalue weighted by Gasteiger charge is 2.04. The molecule has 1 rings (SSSR count). The van der Waals surface area contributed by atoms with Gasteiger partial charge in [-0.15, -0.1) is 0 Å². The fourth-order valence-electron chi connectivity index (χ4n) is 1.61. The maximum atomic E-state index is 11.6. The predicted octanol–water partition coefficient (Wildman–Crippen LogP) is 2.48. The second-order valence-electron chi connectivity index (χ2n) is 4.63. The normalized spacial score (nSPS) is 12.2. The summed E-state index contributed by atoms with van der Waals surface area (Å²) >= 11 is 3.44. The Balaban J connectivity index is 2.19. The summed E-state index contributed by atoms with van der Waals surface area (Å²) in [6.45, 7) is 3.31. The average Bonchev–Trinajstić information content (AvgIpc) is 2.36. The molecule has 0 fully saturated rings. The molecular formula is C14H21BrN2O. The largest absolute Gasteiger partial charge is 0.356 e. The number of benzene rings is 1. The van der Waals surface area contributed by atoms with E-state index in [0.29, 0.717) is 25.4 Å². The number of aryl methyl sites for hydroxylation is 1. The van der Waals surface area contributed by atoms with Crippen LogP contribution < -0.4 is 11.1 Å². The van der Waals surface area contributed by atoms with Crippen molar-refractivity contribution in [2.45, 2.75) is 26.2 Å². The van der Waals surface area contributed by atoms with Crippen molar-refractivity contribution in [3.8, 4) is 0 Å². The van der Waals surface area contributed by atoms with Crippen molar-refractivity contribution in [3.05, 3.63) is 34.3 Å². The summed E-state index contributed by atoms with van der Waals surface area (Å²) < 4.78 is 1.08. The summed E-state index contributed by atoms with van der Waals surface area (Å²) in [4.78, 5) is 11.6. The molecule has 0 radical (unpaired) electrons. The van der Waals surface area contributed by atoms with Gasteiger partial charge in [0.05, 0.1) is 0 Å². The first-order valence-electron chi connectivity index (χ1n) is 6.33. The number of amides is 1. The van der Waals surface area contributed by atoms with E-state index < -0.39 is 0 Å². The number of nitrogens with one attached hydrogen (secondary N) is 1. The second-order valence-corrected chi connectivity index (χ2v) is 5.54. The van der Waals surface area contributed by atoms with Gasteiger partial charge in [-0.3, -0.25) is 4.79 Å². The number of carbonyl (C=O) groups excluding carboxylic acids is 1. The Labute approximate surface area is 117 Å². The number of hydrogen-bond acceptors (Lipinski definition) is 2. The molecule has 1 aromatic carbocycles. The minimum Gasteiger partial charge on any atom is -0.356 e. The predicted molar refractivity (Wildman–Crippen MR) is 78.3 cm³/mol. The molecule has 0 aromatic heterocycles. The van der Waals surface area contributed by atoms with E-state index in [-0.39, 0.29) is 5.91 Å². The molecular weight excluding hydrogens is 292 g/mol. The van der Waals surface area contributed by atoms with E-state index in [2.05, 4.69) is 33.4 Å². The van der Waals surface area contributed by atoms with Crippen LogP contribution in [0.15, 0.2) is 28.7 Å². The lowest BCUT2D eigenvalue weighted by molar-refractivity contribution is -0.121. The van der Waals surface area contributed by atoms with E-state index in [1.165, 1.54) is 5.56 Å². The number of carbonyl (C=O) groups is 1. The van der Waals surface area contributed by atoms with Crippen molar-refractivity contribution in [1.29, 1.82) is 0 Å². The summed E-state index contributed by atoms with van der Waals surface area (Å²) in [7, 11) is 0. The van der Waals surface area contributed by atoms with Gasteiger partial charge in [0.15, 0.2) is 0 Å². The van der Waals surface area contributed by atoms with E-state index >= 15 is 0 Å². The molecule has 1 aromatic rings. The third-order valence-electron chi connectivity index (χ3n) is 2.81. The summed E-state index contributed by atoms with van der Waals surface area (Å²) in [6.07, 6.45) is 2.38. The van der Waals surface area contributed by atoms with Gasteiger partial charge in [-0.25, -0.2) is 0 Å². The topological polar surface area (TPSA) is 55.1 Å². The molecule has 0 heterocycles. The molecule has 3 N–H and O–H groups in total. The van der Waals surface area contributed by atoms with E-state index in [1.807, 2.05) is 19.1 Å². The lowest BCUT2D eigenvalue weighted by Crippen LogP contribution is -2.31. The van der Waals surface area contributed by atoms with E-state index in [4.69, 9.17) is 5.73 Å². The molecule has 0 aliphatic carbocycles. The van der Waals surface area contributed by atoms with Crippen LogP contribution in [0.25, 0.3) is 0 Å². The molecule has 1 atom stereocenters. The SMILES string of the molecule is CC(CN)CNC(=O)CCCc1cccc(Br)c1. The second kappa shape index (κ2) is 8.27. The number of nitrogens with two attached hydrogens (primary N) is 1. The zero-order valence-electron chi connectivity index (χ0n) is 10.8. The van der Waals surface area contributed by atoms with Gasteiger partial charge in [-0.1, -0.05) is 35.0 Å². The van der Waals surface area contributed by atoms with Crippen LogP contribution in [0, 0.1) is 5.92 Å². The van der Waals surface area contributed by atoms with Gasteiger partial charge in [0.25, 0.3) is 0 Å². The Morgan fingerprint density at radius 3 is 2.94 bits per heavy atom. The average molecular weight is 313 g/mol. The maximum absolute atomic E-state index is 11.6. The van der Waals surface area contributed by atoms with Crippen LogP contribution in [-0.2, 0) is 11.2 Å². The highest BCUT2D eigenvalue weighted by molar-refractivity contribution is 9.10. The summed E-state index contributed by atoms with van der Waals surface area (Å²) in [5.74, 6) is 0.462. The van der Waals surface area contributed by atoms with Crippen LogP contribution >= 0.6 is 15.9 Å². The Kier molecular flexibility index (Phi) is 6.98. The molecule has 3 nitrogen and oxygen atoms in total. The molecule has 0 spiro atoms. The van der Waals surface area contributed by atoms with E-state index in [1.54, 1.807) is 0 Å². The minimum atomic E-state index is 0.116. The lowest BCUT2D eigenvalue weighted by Gasteiger charge is -2.09. The molecule has 0 aliphatic heterocycles. The minimum absolute atomic E-state index is 0.116. The summed E-state index contributed by atoms with van der Waals surface area (Å²) in [5.41, 5.74) is 6.75. The van der Waals surface area contributed by atoms with Crippen molar-refractivity contribution >= 4 is 21.8 Å². The van der Waals surface area contributed by atoms with Crippen LogP contribution in [0.4, 0.5) is 0 Å². The zero-order chi connectivity index (χ0) is 13.4. The molecule has 0 saturated heterocycles. The van der Waals surface area contributed by atoms with Gasteiger partial charge in [-0.05, 0) is 43.0 Å². The molecule has 0 saturated carbocycles. The van der Waals surface area contributed by atoms with Gasteiger partial charge in [-0.2, -0.15) is 0 Å². The summed E-state index contributed by atoms with van der Waals surface area (Å²) in [6, 6.07) is 8.19. The van der Waals surface area contributed by atoms with Gasteiger partial charge in [0.2, 0.25) is 5.91 Å². The fourth-order valence-corrected chi connectivity index (χ4v) is 2.05. The van der Waals surface area contributed by atoms with Crippen molar-refractivity contribution in [2.75, 3.05) is 13.1 Å². The standard InChI is InChI=1S/C14H21BrN2O/c1-11(9-16)10-17-14(18)7-3-5-12-4-2-6-13(15)8-12/h2,4,6,8,11H,3,5,7,9-10,16H2,1H3,(H,17,18). The highest BCUT2D eigenvalue weighted by Crippen LogP contribution is 2.13. The third kappa shape index (κ3) is 6.17. The van der Waals surface area contributed by atoms with Gasteiger partial charge < -0.3 is 11.1 Å². The fraction of sp³-hybridized carbons (Fsp3) is 0.500. The molecule has 0 bridgehead atoms.